The fraction of sp³-hybridized carbons (Fsp3) is 0.237. The maximum absolute atomic E-state index is 2.73. The van der Waals surface area contributed by atoms with Crippen molar-refractivity contribution in [2.24, 2.45) is 11.8 Å². The van der Waals surface area contributed by atoms with Crippen molar-refractivity contribution in [3.05, 3.63) is 151 Å². The number of fused-ring (bicyclic) bond motifs is 3. The molecule has 0 heterocycles. The van der Waals surface area contributed by atoms with Gasteiger partial charge in [0.25, 0.3) is 0 Å². The molecule has 0 saturated heterocycles. The van der Waals surface area contributed by atoms with E-state index in [1.807, 2.05) is 0 Å². The standard InChI is InChI=1S/C15H14.C13H9.C10H15.2ClH.Zr/c1-12-3-7-14(8-4-12)11-15-9-5-13(2)6-10-15;1-3-7-12-10(5-1)9-11-6-2-4-8-13(11)12;1-7(2)10-6-8(3)5-9(10)4;;;/h3-10H,1-2H3;1-9H;6-8H,1-4H3;2*1H;/q;;;;;+2/p-2. The smallest absolute Gasteiger partial charge is 1.00 e. The summed E-state index contributed by atoms with van der Waals surface area (Å²) < 4.78 is 3.85. The fourth-order valence-electron chi connectivity index (χ4n) is 6.87. The molecule has 0 N–H and O–H groups in total. The summed E-state index contributed by atoms with van der Waals surface area (Å²) in [7, 11) is 0. The first-order valence-corrected chi connectivity index (χ1v) is 18.2. The van der Waals surface area contributed by atoms with E-state index in [2.05, 4.69) is 145 Å². The maximum atomic E-state index is 2.59. The van der Waals surface area contributed by atoms with Crippen LogP contribution in [0.5, 0.6) is 0 Å². The molecule has 0 aliphatic heterocycles. The topological polar surface area (TPSA) is 0 Å². The Balaban J connectivity index is 0.00000194. The molecule has 0 saturated carbocycles. The summed E-state index contributed by atoms with van der Waals surface area (Å²) in [5.41, 5.74) is 14.5. The Kier molecular flexibility index (Phi) is 9.96. The minimum absolute atomic E-state index is 0. The van der Waals surface area contributed by atoms with E-state index >= 15 is 0 Å². The van der Waals surface area contributed by atoms with Crippen LogP contribution in [0.1, 0.15) is 64.7 Å². The summed E-state index contributed by atoms with van der Waals surface area (Å²) in [6.45, 7) is 14.0. The summed E-state index contributed by atoms with van der Waals surface area (Å²) in [5, 5.41) is 0. The minimum atomic E-state index is -2.73. The molecule has 1 unspecified atom stereocenters. The number of halogens is 2. The third kappa shape index (κ3) is 5.71. The zero-order chi connectivity index (χ0) is 27.3. The Morgan fingerprint density at radius 2 is 1.07 bits per heavy atom. The first-order valence-electron chi connectivity index (χ1n) is 14.3. The first kappa shape index (κ1) is 31.6. The van der Waals surface area contributed by atoms with Crippen LogP contribution in [0, 0.1) is 25.7 Å². The van der Waals surface area contributed by atoms with E-state index < -0.39 is 21.3 Å². The molecule has 0 fully saturated rings. The summed E-state index contributed by atoms with van der Waals surface area (Å²) in [6.07, 6.45) is 2.59. The zero-order valence-corrected chi connectivity index (χ0v) is 28.8. The molecule has 0 amide bonds. The van der Waals surface area contributed by atoms with Gasteiger partial charge in [0, 0.05) is 0 Å². The fourth-order valence-corrected chi connectivity index (χ4v) is 16.9. The van der Waals surface area contributed by atoms with Gasteiger partial charge in [0.1, 0.15) is 0 Å². The van der Waals surface area contributed by atoms with Crippen molar-refractivity contribution in [2.75, 3.05) is 0 Å². The van der Waals surface area contributed by atoms with Crippen LogP contribution >= 0.6 is 0 Å². The van der Waals surface area contributed by atoms with Crippen molar-refractivity contribution < 1.29 is 46.1 Å². The van der Waals surface area contributed by atoms with Gasteiger partial charge in [0.2, 0.25) is 0 Å². The van der Waals surface area contributed by atoms with Crippen LogP contribution in [0.4, 0.5) is 0 Å². The molecular weight excluding hydrogens is 619 g/mol. The van der Waals surface area contributed by atoms with Crippen LogP contribution in [-0.2, 0) is 21.3 Å². The van der Waals surface area contributed by atoms with Crippen LogP contribution in [-0.4, -0.2) is 3.21 Å². The first-order chi connectivity index (χ1) is 18.8. The molecule has 0 radical (unpaired) electrons. The van der Waals surface area contributed by atoms with Gasteiger partial charge in [-0.15, -0.1) is 0 Å². The summed E-state index contributed by atoms with van der Waals surface area (Å²) in [4.78, 5) is 0. The summed E-state index contributed by atoms with van der Waals surface area (Å²) >= 11 is -2.73. The molecule has 6 rings (SSSR count). The van der Waals surface area contributed by atoms with Gasteiger partial charge in [0.05, 0.1) is 0 Å². The predicted octanol–water partition coefficient (Wildman–Crippen LogP) is 3.77. The number of hydrogen-bond donors (Lipinski definition) is 0. The second-order valence-electron chi connectivity index (χ2n) is 11.7. The van der Waals surface area contributed by atoms with E-state index in [0.29, 0.717) is 15.5 Å². The molecule has 0 spiro atoms. The van der Waals surface area contributed by atoms with E-state index in [-0.39, 0.29) is 24.8 Å². The van der Waals surface area contributed by atoms with Crippen LogP contribution in [0.2, 0.25) is 0 Å². The van der Waals surface area contributed by atoms with Crippen LogP contribution < -0.4 is 24.8 Å². The molecule has 0 aromatic heterocycles. The van der Waals surface area contributed by atoms with E-state index in [4.69, 9.17) is 0 Å². The Labute approximate surface area is 266 Å². The number of benzene rings is 4. The SMILES string of the molecule is CC1=[C]([Zr+2](=[C](c2ccc(C)cc2)c2ccc(C)cc2)[CH]2c3ccccc3-c3ccccc32)C(C)C=C1C(C)C.[Cl-].[Cl-]. The molecule has 2 aliphatic carbocycles. The largest absolute Gasteiger partial charge is 1.00 e. The average molecular weight is 657 g/mol. The molecular formula is C38H38Cl2Zr. The molecule has 208 valence electrons. The molecule has 0 bridgehead atoms. The Hall–Kier alpha value is -2.31. The van der Waals surface area contributed by atoms with Gasteiger partial charge in [-0.2, -0.15) is 0 Å². The van der Waals surface area contributed by atoms with E-state index in [1.165, 1.54) is 44.5 Å². The number of hydrogen-bond acceptors (Lipinski definition) is 0. The molecule has 4 aromatic carbocycles. The van der Waals surface area contributed by atoms with Gasteiger partial charge < -0.3 is 24.8 Å². The van der Waals surface area contributed by atoms with E-state index in [0.717, 1.165) is 0 Å². The van der Waals surface area contributed by atoms with Crippen molar-refractivity contribution in [1.82, 2.24) is 0 Å². The van der Waals surface area contributed by atoms with Crippen LogP contribution in [0.15, 0.2) is 118 Å². The van der Waals surface area contributed by atoms with Crippen molar-refractivity contribution in [1.29, 1.82) is 0 Å². The van der Waals surface area contributed by atoms with Gasteiger partial charge in [-0.05, 0) is 0 Å². The quantitative estimate of drug-likeness (QED) is 0.307. The molecule has 2 aliphatic rings. The minimum Gasteiger partial charge on any atom is -1.00 e. The third-order valence-corrected chi connectivity index (χ3v) is 17.9. The van der Waals surface area contributed by atoms with Crippen molar-refractivity contribution in [2.45, 2.75) is 45.2 Å². The molecule has 4 aromatic rings. The summed E-state index contributed by atoms with van der Waals surface area (Å²) in [5.74, 6) is 1.02. The van der Waals surface area contributed by atoms with Gasteiger partial charge >= 0.3 is 244 Å². The second-order valence-corrected chi connectivity index (χ2v) is 17.7. The normalized spacial score (nSPS) is 15.4. The monoisotopic (exact) mass is 654 g/mol. The second kappa shape index (κ2) is 12.9. The van der Waals surface area contributed by atoms with Gasteiger partial charge in [-0.1, -0.05) is 0 Å². The van der Waals surface area contributed by atoms with Crippen molar-refractivity contribution in [3.8, 4) is 11.1 Å². The van der Waals surface area contributed by atoms with Gasteiger partial charge in [-0.25, -0.2) is 0 Å². The zero-order valence-electron chi connectivity index (χ0n) is 24.8. The van der Waals surface area contributed by atoms with Crippen LogP contribution in [0.25, 0.3) is 11.1 Å². The van der Waals surface area contributed by atoms with Crippen molar-refractivity contribution in [3.63, 3.8) is 0 Å². The van der Waals surface area contributed by atoms with Gasteiger partial charge in [0.15, 0.2) is 0 Å². The molecule has 1 atom stereocenters. The van der Waals surface area contributed by atoms with E-state index in [9.17, 15) is 0 Å². The van der Waals surface area contributed by atoms with Crippen molar-refractivity contribution >= 4 is 3.21 Å². The number of rotatable bonds is 5. The van der Waals surface area contributed by atoms with Gasteiger partial charge in [-0.3, -0.25) is 0 Å². The summed E-state index contributed by atoms with van der Waals surface area (Å²) in [6, 6.07) is 37.3. The Morgan fingerprint density at radius 1 is 0.634 bits per heavy atom. The van der Waals surface area contributed by atoms with E-state index in [1.54, 1.807) is 17.6 Å². The molecule has 0 nitrogen and oxygen atoms in total. The van der Waals surface area contributed by atoms with Crippen LogP contribution in [0.3, 0.4) is 0 Å². The predicted molar refractivity (Wildman–Crippen MR) is 164 cm³/mol. The molecule has 41 heavy (non-hydrogen) atoms. The number of aryl methyl sites for hydroxylation is 2. The molecule has 3 heteroatoms. The number of allylic oxidation sites excluding steroid dienone is 4. The Morgan fingerprint density at radius 3 is 1.49 bits per heavy atom. The third-order valence-electron chi connectivity index (χ3n) is 8.71. The Bertz CT molecular complexity index is 1560. The average Bonchev–Trinajstić information content (AvgIpc) is 3.43. The maximum Gasteiger partial charge on any atom is -1.00 e.